The van der Waals surface area contributed by atoms with E-state index >= 15 is 0 Å². The van der Waals surface area contributed by atoms with Crippen LogP contribution in [0.15, 0.2) is 0 Å². The van der Waals surface area contributed by atoms with Crippen LogP contribution in [-0.2, 0) is 20.7 Å². The first kappa shape index (κ1) is 8.77. The maximum absolute atomic E-state index is 3.37. The molecule has 0 bridgehead atoms. The topological polar surface area (TPSA) is 12.0 Å². The fraction of sp³-hybridized carbons (Fsp3) is 1.00. The summed E-state index contributed by atoms with van der Waals surface area (Å²) in [5.41, 5.74) is 0. The molecule has 2 heteroatoms. The molecule has 0 aromatic carbocycles. The van der Waals surface area contributed by atoms with Crippen LogP contribution in [0.1, 0.15) is 44.9 Å². The van der Waals surface area contributed by atoms with Gasteiger partial charge in [-0.3, -0.25) is 0 Å². The minimum atomic E-state index is 0.820. The quantitative estimate of drug-likeness (QED) is 0.600. The molecular weight excluding hydrogens is 158 g/mol. The van der Waals surface area contributed by atoms with Gasteiger partial charge in [-0.15, -0.1) is 0 Å². The molecule has 0 saturated heterocycles. The summed E-state index contributed by atoms with van der Waals surface area (Å²) in [6, 6.07) is 0.820. The molecule has 0 heterocycles. The number of hydrogen-bond acceptors (Lipinski definition) is 1. The summed E-state index contributed by atoms with van der Waals surface area (Å²) in [6.45, 7) is 0. The molecule has 10 heavy (non-hydrogen) atoms. The Kier molecular flexibility index (Phi) is 4.68. The van der Waals surface area contributed by atoms with Crippen LogP contribution in [0.2, 0.25) is 0 Å². The van der Waals surface area contributed by atoms with Gasteiger partial charge in [0.25, 0.3) is 0 Å². The van der Waals surface area contributed by atoms with Crippen molar-refractivity contribution in [3.8, 4) is 0 Å². The molecule has 0 aromatic rings. The average Bonchev–Trinajstić information content (AvgIpc) is 1.87. The van der Waals surface area contributed by atoms with E-state index in [2.05, 4.69) is 24.5 Å². The molecule has 0 unspecified atom stereocenters. The monoisotopic (exact) mass is 174 g/mol. The van der Waals surface area contributed by atoms with Crippen molar-refractivity contribution < 1.29 is 20.7 Å². The molecule has 1 saturated carbocycles. The van der Waals surface area contributed by atoms with E-state index in [1.54, 1.807) is 0 Å². The van der Waals surface area contributed by atoms with Crippen molar-refractivity contribution in [2.45, 2.75) is 51.0 Å². The summed E-state index contributed by atoms with van der Waals surface area (Å²) in [7, 11) is 0. The van der Waals surface area contributed by atoms with Gasteiger partial charge in [0, 0.05) is 0 Å². The van der Waals surface area contributed by atoms with Gasteiger partial charge in [0.1, 0.15) is 0 Å². The van der Waals surface area contributed by atoms with Crippen molar-refractivity contribution in [3.05, 3.63) is 0 Å². The Hall–Kier alpha value is 0.674. The zero-order chi connectivity index (χ0) is 7.23. The first-order valence-electron chi connectivity index (χ1n) is 4.36. The molecule has 0 aliphatic heterocycles. The van der Waals surface area contributed by atoms with Crippen LogP contribution in [-0.4, -0.2) is 6.04 Å². The zero-order valence-electron chi connectivity index (χ0n) is 6.53. The molecule has 1 nitrogen and oxygen atoms in total. The molecule has 1 fully saturated rings. The summed E-state index contributed by atoms with van der Waals surface area (Å²) in [5, 5.41) is 0. The first-order valence-corrected chi connectivity index (χ1v) is 5.14. The van der Waals surface area contributed by atoms with Gasteiger partial charge in [-0.2, -0.15) is 0 Å². The SMILES string of the molecule is [Ti][NH]C1CCCCCCC1. The summed E-state index contributed by atoms with van der Waals surface area (Å²) < 4.78 is 3.37. The standard InChI is InChI=1S/C8H16N.Ti/c9-8-6-4-2-1-3-5-7-8;/h8-9H,1-7H2;/q-1;+1. The number of rotatable bonds is 1. The fourth-order valence-electron chi connectivity index (χ4n) is 1.60. The molecular formula is C8H16NTi. The van der Waals surface area contributed by atoms with Crippen molar-refractivity contribution in [2.24, 2.45) is 0 Å². The summed E-state index contributed by atoms with van der Waals surface area (Å²) in [6.07, 6.45) is 10.1. The number of nitrogens with one attached hydrogen (secondary N) is 1. The summed E-state index contributed by atoms with van der Waals surface area (Å²) in [4.78, 5) is 0. The van der Waals surface area contributed by atoms with E-state index in [4.69, 9.17) is 0 Å². The fourth-order valence-corrected chi connectivity index (χ4v) is 2.05. The van der Waals surface area contributed by atoms with Gasteiger partial charge < -0.3 is 0 Å². The molecule has 57 valence electrons. The summed E-state index contributed by atoms with van der Waals surface area (Å²) >= 11 is 2.09. The second kappa shape index (κ2) is 5.34. The molecule has 0 spiro atoms. The van der Waals surface area contributed by atoms with Crippen molar-refractivity contribution in [3.63, 3.8) is 0 Å². The van der Waals surface area contributed by atoms with Gasteiger partial charge in [-0.1, -0.05) is 0 Å². The Bertz CT molecular complexity index is 77.3. The van der Waals surface area contributed by atoms with Gasteiger partial charge in [0.15, 0.2) is 0 Å². The van der Waals surface area contributed by atoms with E-state index in [1.807, 2.05) is 0 Å². The van der Waals surface area contributed by atoms with E-state index in [-0.39, 0.29) is 0 Å². The van der Waals surface area contributed by atoms with Gasteiger partial charge in [0.2, 0.25) is 0 Å². The third-order valence-corrected chi connectivity index (χ3v) is 2.95. The normalized spacial score (nSPS) is 23.5. The molecule has 0 aromatic heterocycles. The summed E-state index contributed by atoms with van der Waals surface area (Å²) in [5.74, 6) is 0. The Morgan fingerprint density at radius 3 is 1.90 bits per heavy atom. The number of hydrogen-bond donors (Lipinski definition) is 1. The van der Waals surface area contributed by atoms with Gasteiger partial charge >= 0.3 is 75.5 Å². The van der Waals surface area contributed by atoms with Crippen LogP contribution in [0.25, 0.3) is 0 Å². The predicted molar refractivity (Wildman–Crippen MR) is 39.2 cm³/mol. The van der Waals surface area contributed by atoms with Gasteiger partial charge in [0.05, 0.1) is 0 Å². The van der Waals surface area contributed by atoms with Crippen molar-refractivity contribution in [1.29, 1.82) is 0 Å². The molecule has 1 rings (SSSR count). The Morgan fingerprint density at radius 1 is 0.900 bits per heavy atom. The Balaban J connectivity index is 2.16. The van der Waals surface area contributed by atoms with E-state index < -0.39 is 0 Å². The molecule has 1 N–H and O–H groups in total. The Morgan fingerprint density at radius 2 is 1.40 bits per heavy atom. The molecule has 1 aliphatic carbocycles. The van der Waals surface area contributed by atoms with Crippen molar-refractivity contribution >= 4 is 0 Å². The van der Waals surface area contributed by atoms with E-state index in [9.17, 15) is 0 Å². The van der Waals surface area contributed by atoms with E-state index in [0.29, 0.717) is 0 Å². The van der Waals surface area contributed by atoms with Crippen LogP contribution >= 0.6 is 0 Å². The van der Waals surface area contributed by atoms with E-state index in [0.717, 1.165) is 6.04 Å². The van der Waals surface area contributed by atoms with Gasteiger partial charge in [-0.25, -0.2) is 0 Å². The van der Waals surface area contributed by atoms with Crippen LogP contribution in [0, 0.1) is 0 Å². The predicted octanol–water partition coefficient (Wildman–Crippen LogP) is 2.15. The maximum atomic E-state index is 3.37. The average molecular weight is 174 g/mol. The second-order valence-corrected chi connectivity index (χ2v) is 3.64. The molecule has 1 aliphatic rings. The van der Waals surface area contributed by atoms with Crippen molar-refractivity contribution in [1.82, 2.24) is 3.80 Å². The molecule has 0 radical (unpaired) electrons. The van der Waals surface area contributed by atoms with Crippen LogP contribution in [0.3, 0.4) is 0 Å². The van der Waals surface area contributed by atoms with Crippen LogP contribution in [0.4, 0.5) is 0 Å². The van der Waals surface area contributed by atoms with Crippen LogP contribution in [0.5, 0.6) is 0 Å². The van der Waals surface area contributed by atoms with Crippen LogP contribution < -0.4 is 3.80 Å². The Labute approximate surface area is 75.7 Å². The van der Waals surface area contributed by atoms with Crippen molar-refractivity contribution in [2.75, 3.05) is 0 Å². The van der Waals surface area contributed by atoms with Gasteiger partial charge in [-0.05, 0) is 0 Å². The minimum absolute atomic E-state index is 0.820. The van der Waals surface area contributed by atoms with E-state index in [1.165, 1.54) is 44.9 Å². The zero-order valence-corrected chi connectivity index (χ0v) is 8.09. The molecule has 0 amide bonds. The third kappa shape index (κ3) is 3.18. The first-order chi connectivity index (χ1) is 4.93. The second-order valence-electron chi connectivity index (χ2n) is 3.19. The third-order valence-electron chi connectivity index (χ3n) is 2.31. The molecule has 0 atom stereocenters.